The second-order valence-electron chi connectivity index (χ2n) is 4.71. The Morgan fingerprint density at radius 1 is 1.41 bits per heavy atom. The van der Waals surface area contributed by atoms with Crippen LogP contribution in [0.25, 0.3) is 0 Å². The van der Waals surface area contributed by atoms with Crippen LogP contribution in [-0.2, 0) is 14.3 Å². The maximum Gasteiger partial charge on any atom is 0.328 e. The van der Waals surface area contributed by atoms with Gasteiger partial charge in [0.15, 0.2) is 0 Å². The Kier molecular flexibility index (Phi) is 5.45. The van der Waals surface area contributed by atoms with Gasteiger partial charge in [0.2, 0.25) is 5.91 Å². The van der Waals surface area contributed by atoms with E-state index in [-0.39, 0.29) is 17.9 Å². The minimum Gasteiger partial charge on any atom is -0.464 e. The van der Waals surface area contributed by atoms with Crippen molar-refractivity contribution in [3.8, 4) is 0 Å². The molecule has 0 aliphatic carbocycles. The van der Waals surface area contributed by atoms with Crippen LogP contribution < -0.4 is 0 Å². The third-order valence-electron chi connectivity index (χ3n) is 3.35. The topological polar surface area (TPSA) is 46.6 Å². The van der Waals surface area contributed by atoms with E-state index in [9.17, 15) is 9.59 Å². The van der Waals surface area contributed by atoms with Gasteiger partial charge in [-0.05, 0) is 25.7 Å². The van der Waals surface area contributed by atoms with Gasteiger partial charge >= 0.3 is 5.97 Å². The molecule has 0 aromatic carbocycles. The summed E-state index contributed by atoms with van der Waals surface area (Å²) in [6.07, 6.45) is 3.16. The molecule has 0 spiro atoms. The predicted octanol–water partition coefficient (Wildman–Crippen LogP) is 1.98. The Bertz CT molecular complexity index is 278. The fraction of sp³-hybridized carbons (Fsp3) is 0.846. The molecule has 0 N–H and O–H groups in total. The lowest BCUT2D eigenvalue weighted by atomic mass is 10.0. The first-order chi connectivity index (χ1) is 8.10. The summed E-state index contributed by atoms with van der Waals surface area (Å²) in [4.78, 5) is 25.4. The van der Waals surface area contributed by atoms with Gasteiger partial charge in [-0.3, -0.25) is 4.79 Å². The van der Waals surface area contributed by atoms with Crippen LogP contribution in [0.5, 0.6) is 0 Å². The van der Waals surface area contributed by atoms with Crippen molar-refractivity contribution in [3.05, 3.63) is 0 Å². The lowest BCUT2D eigenvalue weighted by Crippen LogP contribution is -2.41. The molecule has 0 aromatic heterocycles. The summed E-state index contributed by atoms with van der Waals surface area (Å²) >= 11 is 0. The molecular formula is C13H23NO3. The fourth-order valence-corrected chi connectivity index (χ4v) is 2.11. The van der Waals surface area contributed by atoms with Crippen LogP contribution >= 0.6 is 0 Å². The van der Waals surface area contributed by atoms with Crippen LogP contribution in [-0.4, -0.2) is 36.0 Å². The van der Waals surface area contributed by atoms with Crippen molar-refractivity contribution < 1.29 is 14.3 Å². The van der Waals surface area contributed by atoms with Crippen LogP contribution in [0.3, 0.4) is 0 Å². The fourth-order valence-electron chi connectivity index (χ4n) is 2.11. The van der Waals surface area contributed by atoms with E-state index in [0.29, 0.717) is 25.5 Å². The molecule has 1 aliphatic heterocycles. The number of esters is 1. The molecule has 1 fully saturated rings. The third-order valence-corrected chi connectivity index (χ3v) is 3.35. The van der Waals surface area contributed by atoms with Gasteiger partial charge in [-0.2, -0.15) is 0 Å². The van der Waals surface area contributed by atoms with Gasteiger partial charge in [0, 0.05) is 13.0 Å². The Morgan fingerprint density at radius 2 is 2.12 bits per heavy atom. The molecule has 1 heterocycles. The zero-order valence-electron chi connectivity index (χ0n) is 11.1. The first kappa shape index (κ1) is 14.0. The second-order valence-corrected chi connectivity index (χ2v) is 4.71. The summed E-state index contributed by atoms with van der Waals surface area (Å²) in [5.74, 6) is 0.225. The highest BCUT2D eigenvalue weighted by molar-refractivity contribution is 5.85. The minimum absolute atomic E-state index is 0.0925. The molecule has 1 aliphatic rings. The van der Waals surface area contributed by atoms with Crippen molar-refractivity contribution in [3.63, 3.8) is 0 Å². The smallest absolute Gasteiger partial charge is 0.328 e. The molecule has 1 amide bonds. The van der Waals surface area contributed by atoms with Crippen molar-refractivity contribution in [1.29, 1.82) is 0 Å². The number of amides is 1. The van der Waals surface area contributed by atoms with Crippen molar-refractivity contribution in [2.24, 2.45) is 5.92 Å². The largest absolute Gasteiger partial charge is 0.464 e. The summed E-state index contributed by atoms with van der Waals surface area (Å²) in [6, 6.07) is -0.341. The van der Waals surface area contributed by atoms with Gasteiger partial charge in [0.1, 0.15) is 6.04 Å². The average molecular weight is 241 g/mol. The maximum absolute atomic E-state index is 12.1. The number of carbonyl (C=O) groups excluding carboxylic acids is 2. The summed E-state index contributed by atoms with van der Waals surface area (Å²) in [5, 5.41) is 0. The highest BCUT2D eigenvalue weighted by atomic mass is 16.5. The highest BCUT2D eigenvalue weighted by Gasteiger charge is 2.35. The van der Waals surface area contributed by atoms with Gasteiger partial charge in [0.25, 0.3) is 0 Å². The number of rotatable bonds is 5. The van der Waals surface area contributed by atoms with Crippen molar-refractivity contribution in [2.45, 2.75) is 52.5 Å². The first-order valence-electron chi connectivity index (χ1n) is 6.56. The number of hydrogen-bond acceptors (Lipinski definition) is 3. The average Bonchev–Trinajstić information content (AvgIpc) is 2.78. The minimum atomic E-state index is -0.341. The van der Waals surface area contributed by atoms with Gasteiger partial charge in [-0.25, -0.2) is 4.79 Å². The number of ether oxygens (including phenoxy) is 1. The molecule has 4 heteroatoms. The van der Waals surface area contributed by atoms with Crippen molar-refractivity contribution in [2.75, 3.05) is 13.2 Å². The van der Waals surface area contributed by atoms with E-state index in [1.165, 1.54) is 0 Å². The zero-order chi connectivity index (χ0) is 12.8. The lowest BCUT2D eigenvalue weighted by Gasteiger charge is -2.24. The lowest BCUT2D eigenvalue weighted by molar-refractivity contribution is -0.153. The molecule has 17 heavy (non-hydrogen) atoms. The first-order valence-corrected chi connectivity index (χ1v) is 6.56. The number of likely N-dealkylation sites (tertiary alicyclic amines) is 1. The van der Waals surface area contributed by atoms with E-state index in [1.807, 2.05) is 0 Å². The van der Waals surface area contributed by atoms with Crippen LogP contribution in [0.4, 0.5) is 0 Å². The number of carbonyl (C=O) groups is 2. The van der Waals surface area contributed by atoms with Gasteiger partial charge in [-0.1, -0.05) is 20.3 Å². The van der Waals surface area contributed by atoms with Gasteiger partial charge < -0.3 is 9.64 Å². The normalized spacial score (nSPS) is 21.4. The second kappa shape index (κ2) is 6.62. The maximum atomic E-state index is 12.1. The van der Waals surface area contributed by atoms with Crippen LogP contribution in [0.1, 0.15) is 46.5 Å². The molecule has 2 unspecified atom stereocenters. The van der Waals surface area contributed by atoms with Gasteiger partial charge in [0.05, 0.1) is 6.61 Å². The molecule has 0 radical (unpaired) electrons. The van der Waals surface area contributed by atoms with E-state index < -0.39 is 0 Å². The van der Waals surface area contributed by atoms with Crippen LogP contribution in [0, 0.1) is 5.92 Å². The summed E-state index contributed by atoms with van der Waals surface area (Å²) in [7, 11) is 0. The SMILES string of the molecule is CCOC(=O)C1CCCN1C(=O)CC(C)CC. The summed E-state index contributed by atoms with van der Waals surface area (Å²) in [6.45, 7) is 7.00. The van der Waals surface area contributed by atoms with E-state index in [1.54, 1.807) is 11.8 Å². The Morgan fingerprint density at radius 3 is 2.71 bits per heavy atom. The number of nitrogens with zero attached hydrogens (tertiary/aromatic N) is 1. The van der Waals surface area contributed by atoms with Crippen LogP contribution in [0.2, 0.25) is 0 Å². The van der Waals surface area contributed by atoms with E-state index in [4.69, 9.17) is 4.74 Å². The van der Waals surface area contributed by atoms with E-state index >= 15 is 0 Å². The molecule has 4 nitrogen and oxygen atoms in total. The van der Waals surface area contributed by atoms with Crippen molar-refractivity contribution >= 4 is 11.9 Å². The summed E-state index contributed by atoms with van der Waals surface area (Å²) in [5.41, 5.74) is 0. The zero-order valence-corrected chi connectivity index (χ0v) is 11.1. The molecule has 1 rings (SSSR count). The van der Waals surface area contributed by atoms with Gasteiger partial charge in [-0.15, -0.1) is 0 Å². The van der Waals surface area contributed by atoms with E-state index in [2.05, 4.69) is 13.8 Å². The number of hydrogen-bond donors (Lipinski definition) is 0. The molecule has 98 valence electrons. The monoisotopic (exact) mass is 241 g/mol. The van der Waals surface area contributed by atoms with Crippen molar-refractivity contribution in [1.82, 2.24) is 4.90 Å². The van der Waals surface area contributed by atoms with Crippen LogP contribution in [0.15, 0.2) is 0 Å². The molecular weight excluding hydrogens is 218 g/mol. The third kappa shape index (κ3) is 3.72. The molecule has 0 bridgehead atoms. The Labute approximate surface area is 103 Å². The molecule has 1 saturated heterocycles. The Hall–Kier alpha value is -1.06. The summed E-state index contributed by atoms with van der Waals surface area (Å²) < 4.78 is 5.00. The molecule has 0 aromatic rings. The molecule has 2 atom stereocenters. The predicted molar refractivity (Wildman–Crippen MR) is 65.4 cm³/mol. The molecule has 0 saturated carbocycles. The highest BCUT2D eigenvalue weighted by Crippen LogP contribution is 2.21. The standard InChI is InChI=1S/C13H23NO3/c1-4-10(3)9-12(15)14-8-6-7-11(14)13(16)17-5-2/h10-11H,4-9H2,1-3H3. The van der Waals surface area contributed by atoms with E-state index in [0.717, 1.165) is 19.3 Å². The quantitative estimate of drug-likeness (QED) is 0.691. The Balaban J connectivity index is 2.56.